The third kappa shape index (κ3) is 8.31. The summed E-state index contributed by atoms with van der Waals surface area (Å²) in [5, 5.41) is 0. The Labute approximate surface area is 62.4 Å². The van der Waals surface area contributed by atoms with E-state index in [9.17, 15) is 0 Å². The van der Waals surface area contributed by atoms with Crippen LogP contribution in [0.15, 0.2) is 0 Å². The maximum atomic E-state index is 5.56. The largest absolute Gasteiger partial charge is 0.328 e. The molecule has 2 N–H and O–H groups in total. The molecule has 0 heterocycles. The third-order valence-corrected chi connectivity index (χ3v) is 2.29. The molecule has 0 aliphatic carbocycles. The zero-order chi connectivity index (χ0) is 7.11. The molecule has 0 aromatic heterocycles. The van der Waals surface area contributed by atoms with E-state index in [1.165, 1.54) is 17.9 Å². The van der Waals surface area contributed by atoms with Gasteiger partial charge in [0, 0.05) is 6.04 Å². The van der Waals surface area contributed by atoms with E-state index in [0.29, 0.717) is 6.04 Å². The van der Waals surface area contributed by atoms with E-state index in [1.54, 1.807) is 0 Å². The standard InChI is InChI=1S/C7H17NS/c1-3-5-9-6-4-7(2)8/h7H,3-6,8H2,1-2H3. The minimum atomic E-state index is 0.384. The molecule has 0 aliphatic rings. The molecule has 2 heteroatoms. The van der Waals surface area contributed by atoms with E-state index in [1.807, 2.05) is 11.8 Å². The summed E-state index contributed by atoms with van der Waals surface area (Å²) < 4.78 is 0. The number of thioether (sulfide) groups is 1. The van der Waals surface area contributed by atoms with Gasteiger partial charge in [-0.05, 0) is 31.3 Å². The van der Waals surface area contributed by atoms with Crippen LogP contribution in [0.3, 0.4) is 0 Å². The predicted octanol–water partition coefficient (Wildman–Crippen LogP) is 1.87. The molecule has 0 aromatic carbocycles. The maximum Gasteiger partial charge on any atom is 0.00183 e. The second kappa shape index (κ2) is 6.43. The molecule has 0 radical (unpaired) electrons. The van der Waals surface area contributed by atoms with Gasteiger partial charge < -0.3 is 5.73 Å². The van der Waals surface area contributed by atoms with Gasteiger partial charge in [0.25, 0.3) is 0 Å². The molecule has 0 aromatic rings. The first-order valence-corrected chi connectivity index (χ1v) is 4.76. The Morgan fingerprint density at radius 3 is 2.56 bits per heavy atom. The van der Waals surface area contributed by atoms with Crippen molar-refractivity contribution in [2.24, 2.45) is 5.73 Å². The fraction of sp³-hybridized carbons (Fsp3) is 1.00. The monoisotopic (exact) mass is 147 g/mol. The zero-order valence-corrected chi connectivity index (χ0v) is 7.21. The summed E-state index contributed by atoms with van der Waals surface area (Å²) in [5.74, 6) is 2.51. The first-order chi connectivity index (χ1) is 4.27. The van der Waals surface area contributed by atoms with Crippen LogP contribution >= 0.6 is 11.8 Å². The fourth-order valence-corrected chi connectivity index (χ4v) is 1.55. The molecule has 1 nitrogen and oxygen atoms in total. The summed E-state index contributed by atoms with van der Waals surface area (Å²) in [7, 11) is 0. The van der Waals surface area contributed by atoms with Crippen molar-refractivity contribution in [2.75, 3.05) is 11.5 Å². The van der Waals surface area contributed by atoms with Crippen molar-refractivity contribution >= 4 is 11.8 Å². The lowest BCUT2D eigenvalue weighted by Gasteiger charge is -2.02. The highest BCUT2D eigenvalue weighted by Gasteiger charge is 1.92. The molecule has 0 rings (SSSR count). The van der Waals surface area contributed by atoms with Crippen LogP contribution in [0.4, 0.5) is 0 Å². The first-order valence-electron chi connectivity index (χ1n) is 3.60. The quantitative estimate of drug-likeness (QED) is 0.601. The highest BCUT2D eigenvalue weighted by Crippen LogP contribution is 2.04. The van der Waals surface area contributed by atoms with E-state index >= 15 is 0 Å². The molecule has 9 heavy (non-hydrogen) atoms. The van der Waals surface area contributed by atoms with Crippen molar-refractivity contribution in [1.82, 2.24) is 0 Å². The second-order valence-electron chi connectivity index (χ2n) is 2.38. The molecule has 0 bridgehead atoms. The lowest BCUT2D eigenvalue weighted by Crippen LogP contribution is -2.15. The Hall–Kier alpha value is 0.310. The minimum Gasteiger partial charge on any atom is -0.328 e. The minimum absolute atomic E-state index is 0.384. The van der Waals surface area contributed by atoms with Crippen molar-refractivity contribution in [3.05, 3.63) is 0 Å². The van der Waals surface area contributed by atoms with Gasteiger partial charge in [-0.15, -0.1) is 0 Å². The first kappa shape index (κ1) is 9.31. The van der Waals surface area contributed by atoms with Crippen molar-refractivity contribution in [3.8, 4) is 0 Å². The van der Waals surface area contributed by atoms with Crippen LogP contribution in [0, 0.1) is 0 Å². The van der Waals surface area contributed by atoms with Gasteiger partial charge in [0.2, 0.25) is 0 Å². The number of hydrogen-bond donors (Lipinski definition) is 1. The zero-order valence-electron chi connectivity index (χ0n) is 6.39. The fourth-order valence-electron chi connectivity index (χ4n) is 0.516. The van der Waals surface area contributed by atoms with E-state index in [0.717, 1.165) is 6.42 Å². The highest BCUT2D eigenvalue weighted by atomic mass is 32.2. The summed E-state index contributed by atoms with van der Waals surface area (Å²) >= 11 is 2.00. The lowest BCUT2D eigenvalue weighted by molar-refractivity contribution is 0.721. The Morgan fingerprint density at radius 2 is 2.11 bits per heavy atom. The SMILES string of the molecule is CCCSCCC(C)N. The van der Waals surface area contributed by atoms with Crippen LogP contribution in [0.25, 0.3) is 0 Å². The van der Waals surface area contributed by atoms with Crippen LogP contribution in [-0.2, 0) is 0 Å². The lowest BCUT2D eigenvalue weighted by atomic mass is 10.3. The third-order valence-electron chi connectivity index (χ3n) is 1.07. The molecule has 0 saturated heterocycles. The van der Waals surface area contributed by atoms with Crippen LogP contribution in [-0.4, -0.2) is 17.5 Å². The van der Waals surface area contributed by atoms with Gasteiger partial charge in [0.1, 0.15) is 0 Å². The smallest absolute Gasteiger partial charge is 0.00183 e. The number of hydrogen-bond acceptors (Lipinski definition) is 2. The maximum absolute atomic E-state index is 5.56. The highest BCUT2D eigenvalue weighted by molar-refractivity contribution is 7.99. The van der Waals surface area contributed by atoms with Gasteiger partial charge in [-0.25, -0.2) is 0 Å². The molecule has 0 spiro atoms. The van der Waals surface area contributed by atoms with Gasteiger partial charge >= 0.3 is 0 Å². The van der Waals surface area contributed by atoms with E-state index in [-0.39, 0.29) is 0 Å². The summed E-state index contributed by atoms with van der Waals surface area (Å²) in [6.45, 7) is 4.27. The van der Waals surface area contributed by atoms with E-state index in [4.69, 9.17) is 5.73 Å². The number of rotatable bonds is 5. The Bertz CT molecular complexity index is 54.9. The average Bonchev–Trinajstić information content (AvgIpc) is 1.80. The second-order valence-corrected chi connectivity index (χ2v) is 3.60. The topological polar surface area (TPSA) is 26.0 Å². The van der Waals surface area contributed by atoms with Gasteiger partial charge in [0.05, 0.1) is 0 Å². The molecule has 0 amide bonds. The Balaban J connectivity index is 2.75. The van der Waals surface area contributed by atoms with Gasteiger partial charge in [-0.1, -0.05) is 6.92 Å². The summed E-state index contributed by atoms with van der Waals surface area (Å²) in [4.78, 5) is 0. The Morgan fingerprint density at radius 1 is 1.44 bits per heavy atom. The van der Waals surface area contributed by atoms with Gasteiger partial charge in [-0.2, -0.15) is 11.8 Å². The summed E-state index contributed by atoms with van der Waals surface area (Å²) in [6.07, 6.45) is 2.44. The molecular formula is C7H17NS. The van der Waals surface area contributed by atoms with Crippen molar-refractivity contribution in [1.29, 1.82) is 0 Å². The normalized spacial score (nSPS) is 13.7. The van der Waals surface area contributed by atoms with Gasteiger partial charge in [0.15, 0.2) is 0 Å². The van der Waals surface area contributed by atoms with Crippen LogP contribution in [0.5, 0.6) is 0 Å². The van der Waals surface area contributed by atoms with Gasteiger partial charge in [-0.3, -0.25) is 0 Å². The van der Waals surface area contributed by atoms with Crippen LogP contribution < -0.4 is 5.73 Å². The molecule has 1 unspecified atom stereocenters. The molecular weight excluding hydrogens is 130 g/mol. The van der Waals surface area contributed by atoms with Crippen LogP contribution in [0.1, 0.15) is 26.7 Å². The van der Waals surface area contributed by atoms with Crippen molar-refractivity contribution in [2.45, 2.75) is 32.7 Å². The average molecular weight is 147 g/mol. The molecule has 1 atom stereocenters. The molecule has 56 valence electrons. The predicted molar refractivity (Wildman–Crippen MR) is 45.9 cm³/mol. The number of nitrogens with two attached hydrogens (primary N) is 1. The van der Waals surface area contributed by atoms with Crippen molar-refractivity contribution < 1.29 is 0 Å². The van der Waals surface area contributed by atoms with Crippen molar-refractivity contribution in [3.63, 3.8) is 0 Å². The van der Waals surface area contributed by atoms with Crippen LogP contribution in [0.2, 0.25) is 0 Å². The summed E-state index contributed by atoms with van der Waals surface area (Å²) in [5.41, 5.74) is 5.56. The Kier molecular flexibility index (Phi) is 6.65. The van der Waals surface area contributed by atoms with E-state index in [2.05, 4.69) is 13.8 Å². The summed E-state index contributed by atoms with van der Waals surface area (Å²) in [6, 6.07) is 0.384. The molecule has 0 saturated carbocycles. The molecule has 0 fully saturated rings. The molecule has 0 aliphatic heterocycles. The van der Waals surface area contributed by atoms with E-state index < -0.39 is 0 Å².